The highest BCUT2D eigenvalue weighted by Crippen LogP contribution is 2.45. The van der Waals surface area contributed by atoms with Gasteiger partial charge < -0.3 is 24.4 Å². The van der Waals surface area contributed by atoms with Crippen molar-refractivity contribution in [3.8, 4) is 11.5 Å². The van der Waals surface area contributed by atoms with Gasteiger partial charge in [0.1, 0.15) is 17.6 Å². The highest BCUT2D eigenvalue weighted by molar-refractivity contribution is 5.68. The van der Waals surface area contributed by atoms with Crippen LogP contribution in [0.1, 0.15) is 66.9 Å². The van der Waals surface area contributed by atoms with Crippen LogP contribution in [0.15, 0.2) is 36.4 Å². The van der Waals surface area contributed by atoms with E-state index in [1.165, 1.54) is 5.56 Å². The van der Waals surface area contributed by atoms with Gasteiger partial charge >= 0.3 is 5.97 Å². The third-order valence-electron chi connectivity index (χ3n) is 7.34. The summed E-state index contributed by atoms with van der Waals surface area (Å²) in [5.74, 6) is 0.693. The fourth-order valence-corrected chi connectivity index (χ4v) is 5.57. The Kier molecular flexibility index (Phi) is 5.59. The Morgan fingerprint density at radius 1 is 1.16 bits per heavy atom. The molecule has 1 saturated heterocycles. The third kappa shape index (κ3) is 3.86. The highest BCUT2D eigenvalue weighted by Gasteiger charge is 2.39. The average molecular weight is 439 g/mol. The van der Waals surface area contributed by atoms with Gasteiger partial charge in [0.25, 0.3) is 0 Å². The number of hydrogen-bond donors (Lipinski definition) is 2. The van der Waals surface area contributed by atoms with Gasteiger partial charge in [-0.05, 0) is 61.3 Å². The maximum Gasteiger partial charge on any atom is 0.304 e. The van der Waals surface area contributed by atoms with Crippen LogP contribution in [0.5, 0.6) is 11.5 Å². The van der Waals surface area contributed by atoms with Crippen molar-refractivity contribution in [3.63, 3.8) is 0 Å². The molecule has 170 valence electrons. The van der Waals surface area contributed by atoms with Crippen molar-refractivity contribution < 1.29 is 29.2 Å². The van der Waals surface area contributed by atoms with Gasteiger partial charge in [-0.15, -0.1) is 0 Å². The first-order valence-corrected chi connectivity index (χ1v) is 11.5. The molecule has 0 aromatic heterocycles. The van der Waals surface area contributed by atoms with Crippen LogP contribution in [0.4, 0.5) is 0 Å². The van der Waals surface area contributed by atoms with Gasteiger partial charge in [-0.2, -0.15) is 0 Å². The summed E-state index contributed by atoms with van der Waals surface area (Å²) in [5, 5.41) is 20.6. The zero-order valence-corrected chi connectivity index (χ0v) is 18.4. The second kappa shape index (κ2) is 8.41. The van der Waals surface area contributed by atoms with Crippen molar-refractivity contribution in [1.82, 2.24) is 0 Å². The molecular weight excluding hydrogens is 408 g/mol. The molecule has 2 aromatic rings. The SMILES string of the molecule is CC(O)(c1cccc2c1CCC2Oc1ccc2c(c1)OCC2CC(=O)O)C1CCOCC1. The van der Waals surface area contributed by atoms with Crippen molar-refractivity contribution in [2.45, 2.75) is 56.7 Å². The molecule has 2 N–H and O–H groups in total. The minimum Gasteiger partial charge on any atom is -0.492 e. The minimum absolute atomic E-state index is 0.0685. The Morgan fingerprint density at radius 3 is 2.75 bits per heavy atom. The van der Waals surface area contributed by atoms with E-state index in [0.29, 0.717) is 25.6 Å². The van der Waals surface area contributed by atoms with Crippen LogP contribution in [-0.2, 0) is 21.6 Å². The van der Waals surface area contributed by atoms with E-state index in [0.717, 1.165) is 48.1 Å². The quantitative estimate of drug-likeness (QED) is 0.698. The Hall–Kier alpha value is -2.57. The summed E-state index contributed by atoms with van der Waals surface area (Å²) in [7, 11) is 0. The first kappa shape index (κ1) is 21.3. The molecule has 2 aromatic carbocycles. The van der Waals surface area contributed by atoms with Crippen LogP contribution in [0, 0.1) is 5.92 Å². The molecule has 0 bridgehead atoms. The van der Waals surface area contributed by atoms with E-state index < -0.39 is 11.6 Å². The van der Waals surface area contributed by atoms with Gasteiger partial charge in [0.2, 0.25) is 0 Å². The maximum absolute atomic E-state index is 11.5. The lowest BCUT2D eigenvalue weighted by Gasteiger charge is -2.37. The molecule has 5 rings (SSSR count). The number of hydrogen-bond acceptors (Lipinski definition) is 5. The van der Waals surface area contributed by atoms with Crippen LogP contribution in [0.3, 0.4) is 0 Å². The fourth-order valence-electron chi connectivity index (χ4n) is 5.57. The first-order chi connectivity index (χ1) is 15.4. The summed E-state index contributed by atoms with van der Waals surface area (Å²) in [6, 6.07) is 11.9. The van der Waals surface area contributed by atoms with Crippen LogP contribution < -0.4 is 9.47 Å². The molecular formula is C26H30O6. The van der Waals surface area contributed by atoms with Crippen molar-refractivity contribution in [1.29, 1.82) is 0 Å². The van der Waals surface area contributed by atoms with E-state index in [2.05, 4.69) is 12.1 Å². The molecule has 3 aliphatic rings. The summed E-state index contributed by atoms with van der Waals surface area (Å²) in [6.07, 6.45) is 3.46. The first-order valence-electron chi connectivity index (χ1n) is 11.5. The van der Waals surface area contributed by atoms with E-state index in [1.807, 2.05) is 31.2 Å². The summed E-state index contributed by atoms with van der Waals surface area (Å²) in [6.45, 7) is 3.74. The molecule has 2 aliphatic heterocycles. The zero-order chi connectivity index (χ0) is 22.3. The number of fused-ring (bicyclic) bond motifs is 2. The Balaban J connectivity index is 1.36. The van der Waals surface area contributed by atoms with Crippen LogP contribution in [0.25, 0.3) is 0 Å². The molecule has 6 heteroatoms. The van der Waals surface area contributed by atoms with Crippen molar-refractivity contribution in [2.75, 3.05) is 19.8 Å². The lowest BCUT2D eigenvalue weighted by Crippen LogP contribution is -2.36. The molecule has 0 spiro atoms. The van der Waals surface area contributed by atoms with Gasteiger partial charge in [-0.25, -0.2) is 0 Å². The second-order valence-electron chi connectivity index (χ2n) is 9.36. The van der Waals surface area contributed by atoms with E-state index in [9.17, 15) is 9.90 Å². The zero-order valence-electron chi connectivity index (χ0n) is 18.4. The molecule has 0 radical (unpaired) electrons. The molecule has 1 aliphatic carbocycles. The maximum atomic E-state index is 11.5. The number of aliphatic hydroxyl groups is 1. The molecule has 3 atom stereocenters. The number of ether oxygens (including phenoxy) is 3. The molecule has 2 heterocycles. The standard InChI is InChI=1S/C26H30O6/c1-26(29,17-9-11-30-12-10-17)22-4-2-3-21-20(22)7-8-23(21)32-18-5-6-19-16(13-25(27)28)15-31-24(19)14-18/h2-6,14,16-17,23,29H,7-13,15H2,1H3,(H,27,28). The Bertz CT molecular complexity index is 1010. The normalized spacial score (nSPS) is 24.3. The minimum atomic E-state index is -0.884. The van der Waals surface area contributed by atoms with Crippen molar-refractivity contribution in [3.05, 3.63) is 58.7 Å². The van der Waals surface area contributed by atoms with Crippen molar-refractivity contribution in [2.24, 2.45) is 5.92 Å². The van der Waals surface area contributed by atoms with Crippen molar-refractivity contribution >= 4 is 5.97 Å². The molecule has 0 amide bonds. The Morgan fingerprint density at radius 2 is 1.97 bits per heavy atom. The number of aliphatic carboxylic acids is 1. The van der Waals surface area contributed by atoms with E-state index in [1.54, 1.807) is 0 Å². The summed E-state index contributed by atoms with van der Waals surface area (Å²) in [5.41, 5.74) is 3.40. The van der Waals surface area contributed by atoms with Crippen LogP contribution in [0.2, 0.25) is 0 Å². The lowest BCUT2D eigenvalue weighted by molar-refractivity contribution is -0.137. The van der Waals surface area contributed by atoms with E-state index in [-0.39, 0.29) is 24.4 Å². The van der Waals surface area contributed by atoms with Gasteiger partial charge in [-0.1, -0.05) is 24.3 Å². The second-order valence-corrected chi connectivity index (χ2v) is 9.36. The number of carboxylic acids is 1. The smallest absolute Gasteiger partial charge is 0.304 e. The summed E-state index contributed by atoms with van der Waals surface area (Å²) >= 11 is 0. The lowest BCUT2D eigenvalue weighted by atomic mass is 9.76. The molecule has 1 fully saturated rings. The molecule has 0 saturated carbocycles. The van der Waals surface area contributed by atoms with Gasteiger partial charge in [0.05, 0.1) is 18.6 Å². The van der Waals surface area contributed by atoms with Gasteiger partial charge in [-0.3, -0.25) is 4.79 Å². The Labute approximate surface area is 188 Å². The van der Waals surface area contributed by atoms with Crippen LogP contribution >= 0.6 is 0 Å². The highest BCUT2D eigenvalue weighted by atomic mass is 16.5. The number of rotatable bonds is 6. The third-order valence-corrected chi connectivity index (χ3v) is 7.34. The monoisotopic (exact) mass is 438 g/mol. The largest absolute Gasteiger partial charge is 0.492 e. The average Bonchev–Trinajstić information content (AvgIpc) is 3.38. The number of benzene rings is 2. The predicted molar refractivity (Wildman–Crippen MR) is 118 cm³/mol. The number of carboxylic acid groups (broad SMARTS) is 1. The van der Waals surface area contributed by atoms with Gasteiger partial charge in [0.15, 0.2) is 0 Å². The fraction of sp³-hybridized carbons (Fsp3) is 0.500. The van der Waals surface area contributed by atoms with E-state index >= 15 is 0 Å². The predicted octanol–water partition coefficient (Wildman–Crippen LogP) is 4.34. The van der Waals surface area contributed by atoms with Crippen LogP contribution in [-0.4, -0.2) is 36.0 Å². The summed E-state index contributed by atoms with van der Waals surface area (Å²) < 4.78 is 17.6. The number of carbonyl (C=O) groups is 1. The summed E-state index contributed by atoms with van der Waals surface area (Å²) in [4.78, 5) is 11.1. The van der Waals surface area contributed by atoms with E-state index in [4.69, 9.17) is 19.3 Å². The van der Waals surface area contributed by atoms with Gasteiger partial charge in [0, 0.05) is 30.8 Å². The molecule has 3 unspecified atom stereocenters. The molecule has 32 heavy (non-hydrogen) atoms. The molecule has 6 nitrogen and oxygen atoms in total. The topological polar surface area (TPSA) is 85.2 Å².